The van der Waals surface area contributed by atoms with Gasteiger partial charge in [-0.2, -0.15) is 5.26 Å². The summed E-state index contributed by atoms with van der Waals surface area (Å²) in [7, 11) is 0. The molecule has 0 fully saturated rings. The highest BCUT2D eigenvalue weighted by Crippen LogP contribution is 2.25. The molecule has 1 atom stereocenters. The molecule has 0 amide bonds. The molecule has 152 valence electrons. The van der Waals surface area contributed by atoms with Gasteiger partial charge in [-0.05, 0) is 78.3 Å². The Hall–Kier alpha value is -3.38. The number of nitrogens with zero attached hydrogens (tertiary/aromatic N) is 1. The van der Waals surface area contributed by atoms with Gasteiger partial charge in [-0.1, -0.05) is 56.7 Å². The van der Waals surface area contributed by atoms with Crippen LogP contribution in [0.2, 0.25) is 0 Å². The van der Waals surface area contributed by atoms with Crippen molar-refractivity contribution in [2.75, 3.05) is 0 Å². The Kier molecular flexibility index (Phi) is 6.69. The van der Waals surface area contributed by atoms with Crippen molar-refractivity contribution >= 4 is 5.97 Å². The van der Waals surface area contributed by atoms with Crippen LogP contribution in [0.25, 0.3) is 11.1 Å². The molecule has 0 aromatic heterocycles. The van der Waals surface area contributed by atoms with Crippen molar-refractivity contribution in [2.24, 2.45) is 5.92 Å². The average molecular weight is 398 g/mol. The number of ether oxygens (including phenoxy) is 1. The number of carbonyl (C=O) groups excluding carboxylic acids is 1. The van der Waals surface area contributed by atoms with Gasteiger partial charge in [0.2, 0.25) is 0 Å². The lowest BCUT2D eigenvalue weighted by molar-refractivity contribution is 0.0733. The van der Waals surface area contributed by atoms with Crippen molar-refractivity contribution < 1.29 is 9.53 Å². The predicted molar refractivity (Wildman–Crippen MR) is 121 cm³/mol. The molecule has 3 nitrogen and oxygen atoms in total. The molecule has 0 N–H and O–H groups in total. The molecule has 0 saturated carbocycles. The molecule has 3 rings (SSSR count). The number of hydrogen-bond donors (Lipinski definition) is 0. The van der Waals surface area contributed by atoms with Crippen molar-refractivity contribution in [2.45, 2.75) is 40.5 Å². The summed E-state index contributed by atoms with van der Waals surface area (Å²) in [5, 5.41) is 9.12. The van der Waals surface area contributed by atoms with Crippen LogP contribution in [-0.2, 0) is 6.42 Å². The van der Waals surface area contributed by atoms with Crippen molar-refractivity contribution in [1.29, 1.82) is 5.26 Å². The minimum Gasteiger partial charge on any atom is -0.423 e. The van der Waals surface area contributed by atoms with Crippen LogP contribution in [0.1, 0.15) is 52.9 Å². The fraction of sp³-hybridized carbons (Fsp3) is 0.259. The minimum absolute atomic E-state index is 0.405. The van der Waals surface area contributed by atoms with Crippen LogP contribution in [0.4, 0.5) is 0 Å². The molecule has 0 bridgehead atoms. The Morgan fingerprint density at radius 3 is 2.13 bits per heavy atom. The summed E-state index contributed by atoms with van der Waals surface area (Å²) in [5.41, 5.74) is 6.17. The standard InChI is InChI=1S/C27H27NO2/c1-5-18(2)14-21-6-8-22(9-7-21)23-10-12-24(13-11-23)27(29)30-26-16-19(3)25(17-28)15-20(26)4/h6-13,15-16,18H,5,14H2,1-4H3. The molecule has 30 heavy (non-hydrogen) atoms. The van der Waals surface area contributed by atoms with Gasteiger partial charge in [0.25, 0.3) is 0 Å². The SMILES string of the molecule is CCC(C)Cc1ccc(-c2ccc(C(=O)Oc3cc(C)c(C#N)cc3C)cc2)cc1. The molecule has 3 heteroatoms. The monoisotopic (exact) mass is 397 g/mol. The molecule has 0 aliphatic carbocycles. The number of esters is 1. The summed E-state index contributed by atoms with van der Waals surface area (Å²) < 4.78 is 5.57. The van der Waals surface area contributed by atoms with Gasteiger partial charge in [-0.15, -0.1) is 0 Å². The van der Waals surface area contributed by atoms with Crippen LogP contribution < -0.4 is 4.74 Å². The van der Waals surface area contributed by atoms with E-state index in [4.69, 9.17) is 10.00 Å². The van der Waals surface area contributed by atoms with Gasteiger partial charge < -0.3 is 4.74 Å². The molecule has 0 heterocycles. The number of aryl methyl sites for hydroxylation is 2. The molecule has 0 spiro atoms. The van der Waals surface area contributed by atoms with Gasteiger partial charge in [-0.3, -0.25) is 0 Å². The van der Waals surface area contributed by atoms with E-state index in [0.717, 1.165) is 28.7 Å². The Morgan fingerprint density at radius 1 is 0.967 bits per heavy atom. The van der Waals surface area contributed by atoms with Crippen molar-refractivity contribution in [3.8, 4) is 22.9 Å². The highest BCUT2D eigenvalue weighted by atomic mass is 16.5. The number of nitriles is 1. The zero-order chi connectivity index (χ0) is 21.7. The van der Waals surface area contributed by atoms with Crippen LogP contribution in [0.5, 0.6) is 5.75 Å². The van der Waals surface area contributed by atoms with Crippen LogP contribution in [0.3, 0.4) is 0 Å². The van der Waals surface area contributed by atoms with Crippen LogP contribution in [-0.4, -0.2) is 5.97 Å². The molecule has 0 saturated heterocycles. The highest BCUT2D eigenvalue weighted by molar-refractivity contribution is 5.91. The number of hydrogen-bond acceptors (Lipinski definition) is 3. The van der Waals surface area contributed by atoms with Gasteiger partial charge >= 0.3 is 5.97 Å². The third-order valence-corrected chi connectivity index (χ3v) is 5.53. The first-order valence-corrected chi connectivity index (χ1v) is 10.3. The number of rotatable bonds is 6. The van der Waals surface area contributed by atoms with E-state index in [1.54, 1.807) is 24.3 Å². The maximum absolute atomic E-state index is 12.6. The summed E-state index contributed by atoms with van der Waals surface area (Å²) in [6.45, 7) is 8.15. The van der Waals surface area contributed by atoms with Crippen molar-refractivity contribution in [3.63, 3.8) is 0 Å². The second kappa shape index (κ2) is 9.41. The normalized spacial score (nSPS) is 11.6. The number of benzene rings is 3. The Bertz CT molecular complexity index is 1070. The molecule has 0 radical (unpaired) electrons. The van der Waals surface area contributed by atoms with Crippen molar-refractivity contribution in [3.05, 3.63) is 88.5 Å². The lowest BCUT2D eigenvalue weighted by Gasteiger charge is -2.11. The lowest BCUT2D eigenvalue weighted by Crippen LogP contribution is -2.09. The summed E-state index contributed by atoms with van der Waals surface area (Å²) >= 11 is 0. The van der Waals surface area contributed by atoms with Gasteiger partial charge in [0, 0.05) is 0 Å². The third kappa shape index (κ3) is 4.96. The zero-order valence-electron chi connectivity index (χ0n) is 18.0. The van der Waals surface area contributed by atoms with E-state index in [2.05, 4.69) is 44.2 Å². The van der Waals surface area contributed by atoms with Crippen LogP contribution >= 0.6 is 0 Å². The summed E-state index contributed by atoms with van der Waals surface area (Å²) in [4.78, 5) is 12.6. The first kappa shape index (κ1) is 21.3. The van der Waals surface area contributed by atoms with Crippen molar-refractivity contribution in [1.82, 2.24) is 0 Å². The van der Waals surface area contributed by atoms with Gasteiger partial charge in [0.1, 0.15) is 5.75 Å². The van der Waals surface area contributed by atoms with E-state index in [1.807, 2.05) is 26.0 Å². The summed E-state index contributed by atoms with van der Waals surface area (Å²) in [6, 6.07) is 21.7. The van der Waals surface area contributed by atoms with Crippen LogP contribution in [0.15, 0.2) is 60.7 Å². The molecule has 0 aliphatic heterocycles. The Morgan fingerprint density at radius 2 is 1.57 bits per heavy atom. The maximum atomic E-state index is 12.6. The largest absolute Gasteiger partial charge is 0.423 e. The molecular weight excluding hydrogens is 370 g/mol. The summed E-state index contributed by atoms with van der Waals surface area (Å²) in [6.07, 6.45) is 2.27. The van der Waals surface area contributed by atoms with Gasteiger partial charge in [0.05, 0.1) is 17.2 Å². The molecule has 0 aliphatic rings. The minimum atomic E-state index is -0.405. The molecule has 3 aromatic carbocycles. The first-order valence-electron chi connectivity index (χ1n) is 10.3. The first-order chi connectivity index (χ1) is 14.4. The van der Waals surface area contributed by atoms with Gasteiger partial charge in [-0.25, -0.2) is 4.79 Å². The molecule has 1 unspecified atom stereocenters. The van der Waals surface area contributed by atoms with E-state index in [-0.39, 0.29) is 0 Å². The lowest BCUT2D eigenvalue weighted by atomic mass is 9.96. The Balaban J connectivity index is 1.72. The fourth-order valence-corrected chi connectivity index (χ4v) is 3.36. The second-order valence-corrected chi connectivity index (χ2v) is 7.93. The second-order valence-electron chi connectivity index (χ2n) is 7.93. The van der Waals surface area contributed by atoms with Crippen LogP contribution in [0, 0.1) is 31.1 Å². The Labute approximate surface area is 178 Å². The molecular formula is C27H27NO2. The maximum Gasteiger partial charge on any atom is 0.343 e. The zero-order valence-corrected chi connectivity index (χ0v) is 18.0. The quantitative estimate of drug-likeness (QED) is 0.345. The predicted octanol–water partition coefficient (Wildman–Crippen LogP) is 6.65. The topological polar surface area (TPSA) is 50.1 Å². The van der Waals surface area contributed by atoms with E-state index in [0.29, 0.717) is 22.8 Å². The highest BCUT2D eigenvalue weighted by Gasteiger charge is 2.13. The average Bonchev–Trinajstić information content (AvgIpc) is 2.76. The third-order valence-electron chi connectivity index (χ3n) is 5.53. The van der Waals surface area contributed by atoms with Gasteiger partial charge in [0.15, 0.2) is 0 Å². The van der Waals surface area contributed by atoms with E-state index >= 15 is 0 Å². The fourth-order valence-electron chi connectivity index (χ4n) is 3.36. The summed E-state index contributed by atoms with van der Waals surface area (Å²) in [5.74, 6) is 0.764. The smallest absolute Gasteiger partial charge is 0.343 e. The van der Waals surface area contributed by atoms with E-state index < -0.39 is 5.97 Å². The van der Waals surface area contributed by atoms with E-state index in [1.165, 1.54) is 12.0 Å². The molecule has 3 aromatic rings. The van der Waals surface area contributed by atoms with E-state index in [9.17, 15) is 4.79 Å². The number of carbonyl (C=O) groups is 1.